The molecule has 3 nitrogen and oxygen atoms in total. The highest BCUT2D eigenvalue weighted by atomic mass is 16.3. The number of hydrogen-bond donors (Lipinski definition) is 3. The molecule has 3 N–H and O–H groups in total. The lowest BCUT2D eigenvalue weighted by Gasteiger charge is -2.04. The standard InChI is InChI=1S/2C4H10O.C3H8O/c1-4(2,3)5;1-3-4(2)5;1-3(2)4/h5H,1-3H3;4-5H,3H2,1-2H3;3-4H,1-2H3. The fourth-order valence-electron chi connectivity index (χ4n) is 0. The van der Waals surface area contributed by atoms with Gasteiger partial charge in [0.2, 0.25) is 0 Å². The van der Waals surface area contributed by atoms with Gasteiger partial charge in [0.15, 0.2) is 0 Å². The molecule has 0 fully saturated rings. The van der Waals surface area contributed by atoms with Gasteiger partial charge in [0.05, 0.1) is 11.7 Å². The third-order valence-electron chi connectivity index (χ3n) is 0.591. The highest BCUT2D eigenvalue weighted by Gasteiger charge is 1.97. The lowest BCUT2D eigenvalue weighted by Crippen LogP contribution is -2.10. The Morgan fingerprint density at radius 3 is 1.07 bits per heavy atom. The van der Waals surface area contributed by atoms with E-state index in [0.717, 1.165) is 6.42 Å². The summed E-state index contributed by atoms with van der Waals surface area (Å²) in [5.74, 6) is 0. The van der Waals surface area contributed by atoms with Crippen LogP contribution in [0, 0.1) is 0 Å². The van der Waals surface area contributed by atoms with Gasteiger partial charge in [-0.2, -0.15) is 0 Å². The average molecular weight is 208 g/mol. The Kier molecular flexibility index (Phi) is 15.2. The fraction of sp³-hybridized carbons (Fsp3) is 1.00. The van der Waals surface area contributed by atoms with E-state index in [9.17, 15) is 0 Å². The van der Waals surface area contributed by atoms with E-state index in [1.807, 2.05) is 6.92 Å². The molecule has 90 valence electrons. The molecule has 0 radical (unpaired) electrons. The zero-order valence-corrected chi connectivity index (χ0v) is 10.7. The van der Waals surface area contributed by atoms with Crippen LogP contribution in [0.2, 0.25) is 0 Å². The summed E-state index contributed by atoms with van der Waals surface area (Å²) in [5, 5.41) is 24.9. The van der Waals surface area contributed by atoms with Crippen molar-refractivity contribution in [3.63, 3.8) is 0 Å². The molecule has 0 aliphatic heterocycles. The van der Waals surface area contributed by atoms with E-state index in [1.54, 1.807) is 41.5 Å². The maximum atomic E-state index is 8.52. The minimum atomic E-state index is -0.500. The van der Waals surface area contributed by atoms with Crippen LogP contribution in [0.3, 0.4) is 0 Å². The van der Waals surface area contributed by atoms with Crippen LogP contribution in [0.15, 0.2) is 0 Å². The van der Waals surface area contributed by atoms with Crippen LogP contribution < -0.4 is 0 Å². The second kappa shape index (κ2) is 11.0. The summed E-state index contributed by atoms with van der Waals surface area (Å²) in [6.45, 7) is 12.4. The smallest absolute Gasteiger partial charge is 0.0563 e. The van der Waals surface area contributed by atoms with Crippen LogP contribution in [0.4, 0.5) is 0 Å². The SMILES string of the molecule is CC(C)(C)O.CC(C)O.CCC(C)O. The summed E-state index contributed by atoms with van der Waals surface area (Å²) < 4.78 is 0. The minimum absolute atomic E-state index is 0.116. The summed E-state index contributed by atoms with van der Waals surface area (Å²) in [7, 11) is 0. The van der Waals surface area contributed by atoms with Gasteiger partial charge in [0.25, 0.3) is 0 Å². The summed E-state index contributed by atoms with van der Waals surface area (Å²) >= 11 is 0. The lowest BCUT2D eigenvalue weighted by molar-refractivity contribution is 0.102. The van der Waals surface area contributed by atoms with Crippen molar-refractivity contribution in [1.29, 1.82) is 0 Å². The van der Waals surface area contributed by atoms with Crippen molar-refractivity contribution < 1.29 is 15.3 Å². The second-order valence-electron chi connectivity index (χ2n) is 4.52. The topological polar surface area (TPSA) is 60.7 Å². The maximum absolute atomic E-state index is 8.52. The van der Waals surface area contributed by atoms with Crippen LogP contribution >= 0.6 is 0 Å². The van der Waals surface area contributed by atoms with Gasteiger partial charge in [-0.25, -0.2) is 0 Å². The van der Waals surface area contributed by atoms with E-state index in [1.165, 1.54) is 0 Å². The van der Waals surface area contributed by atoms with Crippen molar-refractivity contribution in [3.8, 4) is 0 Å². The normalized spacial score (nSPS) is 12.2. The molecule has 0 aromatic carbocycles. The molecule has 0 heterocycles. The molecule has 0 spiro atoms. The molecule has 0 bridgehead atoms. The van der Waals surface area contributed by atoms with Gasteiger partial charge >= 0.3 is 0 Å². The summed E-state index contributed by atoms with van der Waals surface area (Å²) in [6.07, 6.45) is 0.579. The van der Waals surface area contributed by atoms with Crippen molar-refractivity contribution in [1.82, 2.24) is 0 Å². The molecule has 0 amide bonds. The van der Waals surface area contributed by atoms with E-state index in [4.69, 9.17) is 15.3 Å². The summed E-state index contributed by atoms with van der Waals surface area (Å²) in [5.41, 5.74) is -0.500. The maximum Gasteiger partial charge on any atom is 0.0563 e. The molecule has 0 aliphatic carbocycles. The second-order valence-corrected chi connectivity index (χ2v) is 4.52. The van der Waals surface area contributed by atoms with Gasteiger partial charge in [-0.1, -0.05) is 6.92 Å². The lowest BCUT2D eigenvalue weighted by atomic mass is 10.2. The van der Waals surface area contributed by atoms with E-state index in [-0.39, 0.29) is 12.2 Å². The predicted molar refractivity (Wildman–Crippen MR) is 61.3 cm³/mol. The monoisotopic (exact) mass is 208 g/mol. The molecule has 1 atom stereocenters. The first-order valence-electron chi connectivity index (χ1n) is 5.09. The number of aliphatic hydroxyl groups is 3. The van der Waals surface area contributed by atoms with Crippen LogP contribution in [0.5, 0.6) is 0 Å². The van der Waals surface area contributed by atoms with Crippen LogP contribution in [-0.4, -0.2) is 33.1 Å². The van der Waals surface area contributed by atoms with Crippen LogP contribution in [0.1, 0.15) is 54.9 Å². The predicted octanol–water partition coefficient (Wildman–Crippen LogP) is 1.94. The van der Waals surface area contributed by atoms with Crippen molar-refractivity contribution in [3.05, 3.63) is 0 Å². The van der Waals surface area contributed by atoms with Gasteiger partial charge < -0.3 is 15.3 Å². The molecule has 3 heteroatoms. The third kappa shape index (κ3) is 398. The highest BCUT2D eigenvalue weighted by Crippen LogP contribution is 1.93. The van der Waals surface area contributed by atoms with Gasteiger partial charge in [-0.3, -0.25) is 0 Å². The third-order valence-corrected chi connectivity index (χ3v) is 0.591. The van der Waals surface area contributed by atoms with Gasteiger partial charge in [-0.15, -0.1) is 0 Å². The zero-order chi connectivity index (χ0) is 12.4. The fourth-order valence-corrected chi connectivity index (χ4v) is 0. The summed E-state index contributed by atoms with van der Waals surface area (Å²) in [6, 6.07) is 0. The Morgan fingerprint density at radius 1 is 1.00 bits per heavy atom. The van der Waals surface area contributed by atoms with Gasteiger partial charge in [0, 0.05) is 6.10 Å². The Labute approximate surface area is 88.8 Å². The van der Waals surface area contributed by atoms with Crippen molar-refractivity contribution in [2.75, 3.05) is 0 Å². The first-order chi connectivity index (χ1) is 6.00. The van der Waals surface area contributed by atoms with Gasteiger partial charge in [0.1, 0.15) is 0 Å². The van der Waals surface area contributed by atoms with Crippen LogP contribution in [0.25, 0.3) is 0 Å². The van der Waals surface area contributed by atoms with Gasteiger partial charge in [-0.05, 0) is 48.0 Å². The quantitative estimate of drug-likeness (QED) is 0.617. The van der Waals surface area contributed by atoms with Crippen molar-refractivity contribution >= 4 is 0 Å². The van der Waals surface area contributed by atoms with Crippen molar-refractivity contribution in [2.45, 2.75) is 72.7 Å². The first-order valence-corrected chi connectivity index (χ1v) is 5.09. The Bertz CT molecular complexity index is 84.4. The Hall–Kier alpha value is -0.120. The number of aliphatic hydroxyl groups excluding tert-OH is 2. The molecular formula is C11H28O3. The molecule has 0 rings (SSSR count). The summed E-state index contributed by atoms with van der Waals surface area (Å²) in [4.78, 5) is 0. The zero-order valence-electron chi connectivity index (χ0n) is 10.7. The molecule has 0 aromatic heterocycles. The molecule has 0 saturated heterocycles. The largest absolute Gasteiger partial charge is 0.394 e. The molecule has 0 aromatic rings. The highest BCUT2D eigenvalue weighted by molar-refractivity contribution is 4.50. The Morgan fingerprint density at radius 2 is 1.07 bits per heavy atom. The number of rotatable bonds is 1. The minimum Gasteiger partial charge on any atom is -0.394 e. The molecule has 14 heavy (non-hydrogen) atoms. The van der Waals surface area contributed by atoms with Crippen LogP contribution in [-0.2, 0) is 0 Å². The van der Waals surface area contributed by atoms with E-state index < -0.39 is 5.60 Å². The average Bonchev–Trinajstić information content (AvgIpc) is 1.82. The van der Waals surface area contributed by atoms with E-state index in [2.05, 4.69) is 0 Å². The van der Waals surface area contributed by atoms with E-state index >= 15 is 0 Å². The molecule has 1 unspecified atom stereocenters. The first kappa shape index (κ1) is 19.5. The van der Waals surface area contributed by atoms with E-state index in [0.29, 0.717) is 0 Å². The Balaban J connectivity index is -0.000000131. The molecule has 0 saturated carbocycles. The number of hydrogen-bond acceptors (Lipinski definition) is 3. The van der Waals surface area contributed by atoms with Crippen molar-refractivity contribution in [2.24, 2.45) is 0 Å². The molecular weight excluding hydrogens is 180 g/mol. The molecule has 0 aliphatic rings.